The van der Waals surface area contributed by atoms with E-state index in [4.69, 9.17) is 9.72 Å². The van der Waals surface area contributed by atoms with Gasteiger partial charge in [-0.25, -0.2) is 9.97 Å². The Balaban J connectivity index is 1.55. The Bertz CT molecular complexity index is 988. The van der Waals surface area contributed by atoms with Crippen molar-refractivity contribution in [2.24, 2.45) is 0 Å². The third-order valence-electron chi connectivity index (χ3n) is 5.09. The van der Waals surface area contributed by atoms with E-state index in [1.54, 1.807) is 18.8 Å². The molecule has 4 rings (SSSR count). The lowest BCUT2D eigenvalue weighted by Crippen LogP contribution is -2.39. The van der Waals surface area contributed by atoms with Crippen LogP contribution < -0.4 is 4.74 Å². The number of carbonyl (C=O) groups is 1. The molecule has 1 atom stereocenters. The second kappa shape index (κ2) is 8.06. The molecule has 0 bridgehead atoms. The molecule has 1 fully saturated rings. The van der Waals surface area contributed by atoms with Crippen molar-refractivity contribution in [2.45, 2.75) is 25.7 Å². The van der Waals surface area contributed by atoms with E-state index in [-0.39, 0.29) is 11.8 Å². The smallest absolute Gasteiger partial charge is 0.265 e. The lowest BCUT2D eigenvalue weighted by molar-refractivity contribution is 0.0710. The number of rotatable bonds is 4. The number of aromatic nitrogens is 3. The Morgan fingerprint density at radius 3 is 3.00 bits per heavy atom. The molecule has 0 N–H and O–H groups in total. The van der Waals surface area contributed by atoms with Gasteiger partial charge in [0, 0.05) is 30.8 Å². The highest BCUT2D eigenvalue weighted by atomic mass is 32.1. The number of hydrogen-bond donors (Lipinski definition) is 0. The first kappa shape index (κ1) is 18.6. The molecule has 6 nitrogen and oxygen atoms in total. The molecule has 7 heteroatoms. The first-order valence-electron chi connectivity index (χ1n) is 9.31. The molecule has 1 aromatic carbocycles. The van der Waals surface area contributed by atoms with Crippen molar-refractivity contribution in [3.05, 3.63) is 58.4 Å². The SMILES string of the molecule is COc1cccc(-c2cncc(C3CCCN(C(=O)c4scnc4C)C3)n2)c1. The number of aryl methyl sites for hydroxylation is 1. The fourth-order valence-corrected chi connectivity index (χ4v) is 4.32. The van der Waals surface area contributed by atoms with Gasteiger partial charge in [-0.05, 0) is 31.9 Å². The van der Waals surface area contributed by atoms with Crippen molar-refractivity contribution < 1.29 is 9.53 Å². The normalized spacial score (nSPS) is 16.8. The number of likely N-dealkylation sites (tertiary alicyclic amines) is 1. The van der Waals surface area contributed by atoms with Crippen LogP contribution in [0.25, 0.3) is 11.3 Å². The molecular weight excluding hydrogens is 372 g/mol. The summed E-state index contributed by atoms with van der Waals surface area (Å²) in [5, 5.41) is 0. The van der Waals surface area contributed by atoms with E-state index in [0.29, 0.717) is 6.54 Å². The van der Waals surface area contributed by atoms with Crippen molar-refractivity contribution >= 4 is 17.2 Å². The molecule has 28 heavy (non-hydrogen) atoms. The Morgan fingerprint density at radius 1 is 1.32 bits per heavy atom. The number of methoxy groups -OCH3 is 1. The average molecular weight is 395 g/mol. The summed E-state index contributed by atoms with van der Waals surface area (Å²) in [4.78, 5) is 29.0. The minimum absolute atomic E-state index is 0.0709. The monoisotopic (exact) mass is 394 g/mol. The van der Waals surface area contributed by atoms with E-state index < -0.39 is 0 Å². The van der Waals surface area contributed by atoms with Crippen LogP contribution in [0.1, 0.15) is 39.8 Å². The molecule has 2 aromatic heterocycles. The largest absolute Gasteiger partial charge is 0.497 e. The molecule has 1 aliphatic heterocycles. The van der Waals surface area contributed by atoms with Crippen molar-refractivity contribution in [3.63, 3.8) is 0 Å². The maximum absolute atomic E-state index is 12.9. The molecular formula is C21H22N4O2S. The highest BCUT2D eigenvalue weighted by molar-refractivity contribution is 7.11. The van der Waals surface area contributed by atoms with Gasteiger partial charge in [0.2, 0.25) is 0 Å². The van der Waals surface area contributed by atoms with Gasteiger partial charge < -0.3 is 9.64 Å². The third kappa shape index (κ3) is 3.75. The molecule has 1 unspecified atom stereocenters. The third-order valence-corrected chi connectivity index (χ3v) is 6.00. The van der Waals surface area contributed by atoms with Gasteiger partial charge >= 0.3 is 0 Å². The van der Waals surface area contributed by atoms with E-state index >= 15 is 0 Å². The average Bonchev–Trinajstić information content (AvgIpc) is 3.19. The van der Waals surface area contributed by atoms with Crippen molar-refractivity contribution in [2.75, 3.05) is 20.2 Å². The van der Waals surface area contributed by atoms with Crippen LogP contribution in [-0.2, 0) is 0 Å². The Labute approximate surface area is 168 Å². The van der Waals surface area contributed by atoms with Crippen molar-refractivity contribution in [1.29, 1.82) is 0 Å². The number of piperidine rings is 1. The maximum Gasteiger partial charge on any atom is 0.265 e. The summed E-state index contributed by atoms with van der Waals surface area (Å²) in [6, 6.07) is 7.81. The van der Waals surface area contributed by atoms with Crippen LogP contribution in [0.3, 0.4) is 0 Å². The molecule has 0 aliphatic carbocycles. The molecule has 3 heterocycles. The molecule has 0 saturated carbocycles. The lowest BCUT2D eigenvalue weighted by atomic mass is 9.94. The number of benzene rings is 1. The van der Waals surface area contributed by atoms with Crippen molar-refractivity contribution in [3.8, 4) is 17.0 Å². The predicted octanol–water partition coefficient (Wildman–Crippen LogP) is 3.94. The zero-order valence-electron chi connectivity index (χ0n) is 16.0. The Hall–Kier alpha value is -2.80. The number of thiazole rings is 1. The summed E-state index contributed by atoms with van der Waals surface area (Å²) in [5.41, 5.74) is 5.25. The van der Waals surface area contributed by atoms with Gasteiger partial charge in [-0.1, -0.05) is 12.1 Å². The van der Waals surface area contributed by atoms with Gasteiger partial charge in [0.15, 0.2) is 0 Å². The highest BCUT2D eigenvalue weighted by Crippen LogP contribution is 2.29. The van der Waals surface area contributed by atoms with E-state index in [1.807, 2.05) is 42.3 Å². The second-order valence-electron chi connectivity index (χ2n) is 6.92. The highest BCUT2D eigenvalue weighted by Gasteiger charge is 2.28. The minimum atomic E-state index is 0.0709. The topological polar surface area (TPSA) is 68.2 Å². The molecule has 0 radical (unpaired) electrons. The van der Waals surface area contributed by atoms with Gasteiger partial charge in [-0.15, -0.1) is 11.3 Å². The fourth-order valence-electron chi connectivity index (χ4n) is 3.55. The van der Waals surface area contributed by atoms with Gasteiger partial charge in [-0.2, -0.15) is 0 Å². The molecule has 0 spiro atoms. The predicted molar refractivity (Wildman–Crippen MR) is 109 cm³/mol. The standard InChI is InChI=1S/C21H22N4O2S/c1-14-20(28-13-23-14)21(26)25-8-4-6-16(12-25)19-11-22-10-18(24-19)15-5-3-7-17(9-15)27-2/h3,5,7,9-11,13,16H,4,6,8,12H2,1-2H3. The first-order valence-corrected chi connectivity index (χ1v) is 10.2. The summed E-state index contributed by atoms with van der Waals surface area (Å²) in [7, 11) is 1.65. The van der Waals surface area contributed by atoms with Gasteiger partial charge in [-0.3, -0.25) is 9.78 Å². The van der Waals surface area contributed by atoms with E-state index in [2.05, 4.69) is 9.97 Å². The number of ether oxygens (including phenoxy) is 1. The summed E-state index contributed by atoms with van der Waals surface area (Å²) in [6.07, 6.45) is 5.55. The quantitative estimate of drug-likeness (QED) is 0.670. The van der Waals surface area contributed by atoms with Crippen LogP contribution in [-0.4, -0.2) is 46.0 Å². The number of amides is 1. The number of nitrogens with zero attached hydrogens (tertiary/aromatic N) is 4. The molecule has 144 valence electrons. The summed E-state index contributed by atoms with van der Waals surface area (Å²) < 4.78 is 5.31. The molecule has 1 saturated heterocycles. The maximum atomic E-state index is 12.9. The van der Waals surface area contributed by atoms with Crippen molar-refractivity contribution in [1.82, 2.24) is 19.9 Å². The zero-order chi connectivity index (χ0) is 19.5. The Kier molecular flexibility index (Phi) is 5.34. The first-order chi connectivity index (χ1) is 13.7. The summed E-state index contributed by atoms with van der Waals surface area (Å²) >= 11 is 1.41. The van der Waals surface area contributed by atoms with Crippen LogP contribution in [0.15, 0.2) is 42.2 Å². The molecule has 3 aromatic rings. The van der Waals surface area contributed by atoms with Crippen LogP contribution in [0.2, 0.25) is 0 Å². The van der Waals surface area contributed by atoms with E-state index in [0.717, 1.165) is 52.7 Å². The summed E-state index contributed by atoms with van der Waals surface area (Å²) in [5.74, 6) is 1.05. The fraction of sp³-hybridized carbons (Fsp3) is 0.333. The second-order valence-corrected chi connectivity index (χ2v) is 7.77. The van der Waals surface area contributed by atoms with Crippen LogP contribution >= 0.6 is 11.3 Å². The minimum Gasteiger partial charge on any atom is -0.497 e. The van der Waals surface area contributed by atoms with Gasteiger partial charge in [0.1, 0.15) is 10.6 Å². The molecule has 1 aliphatic rings. The van der Waals surface area contributed by atoms with Gasteiger partial charge in [0.25, 0.3) is 5.91 Å². The number of hydrogen-bond acceptors (Lipinski definition) is 6. The summed E-state index contributed by atoms with van der Waals surface area (Å²) in [6.45, 7) is 3.32. The van der Waals surface area contributed by atoms with Crippen LogP contribution in [0.5, 0.6) is 5.75 Å². The van der Waals surface area contributed by atoms with Gasteiger partial charge in [0.05, 0.1) is 35.9 Å². The number of carbonyl (C=O) groups excluding carboxylic acids is 1. The van der Waals surface area contributed by atoms with E-state index in [1.165, 1.54) is 11.3 Å². The molecule has 1 amide bonds. The van der Waals surface area contributed by atoms with E-state index in [9.17, 15) is 4.79 Å². The van der Waals surface area contributed by atoms with Crippen LogP contribution in [0.4, 0.5) is 0 Å². The lowest BCUT2D eigenvalue weighted by Gasteiger charge is -2.32. The van der Waals surface area contributed by atoms with Crippen LogP contribution in [0, 0.1) is 6.92 Å². The Morgan fingerprint density at radius 2 is 2.21 bits per heavy atom. The zero-order valence-corrected chi connectivity index (χ0v) is 16.8.